The van der Waals surface area contributed by atoms with Gasteiger partial charge in [0.2, 0.25) is 11.0 Å². The molecule has 11 nitrogen and oxygen atoms in total. The minimum atomic E-state index is -3.92. The average molecular weight is 588 g/mol. The lowest BCUT2D eigenvalue weighted by Crippen LogP contribution is -2.26. The molecule has 3 heterocycles. The highest BCUT2D eigenvalue weighted by molar-refractivity contribution is 7.93. The van der Waals surface area contributed by atoms with Crippen LogP contribution < -0.4 is 21.0 Å². The van der Waals surface area contributed by atoms with Gasteiger partial charge in [-0.2, -0.15) is 0 Å². The zero-order valence-electron chi connectivity index (χ0n) is 20.1. The fourth-order valence-corrected chi connectivity index (χ4v) is 5.60. The first kappa shape index (κ1) is 28.3. The van der Waals surface area contributed by atoms with Crippen molar-refractivity contribution in [1.82, 2.24) is 14.5 Å². The molecule has 206 valence electrons. The van der Waals surface area contributed by atoms with Crippen molar-refractivity contribution in [2.75, 3.05) is 10.0 Å². The summed E-state index contributed by atoms with van der Waals surface area (Å²) < 4.78 is 57.4. The van der Waals surface area contributed by atoms with E-state index in [0.717, 1.165) is 35.7 Å². The number of amides is 1. The third-order valence-electron chi connectivity index (χ3n) is 5.67. The van der Waals surface area contributed by atoms with Gasteiger partial charge in [0, 0.05) is 35.1 Å². The molecule has 0 fully saturated rings. The summed E-state index contributed by atoms with van der Waals surface area (Å²) in [6.07, 6.45) is 2.59. The number of rotatable bonds is 7. The molecule has 0 atom stereocenters. The molecule has 0 aliphatic heterocycles. The Morgan fingerprint density at radius 1 is 1.02 bits per heavy atom. The maximum Gasteiger partial charge on any atom is 0.263 e. The third-order valence-corrected chi connectivity index (χ3v) is 7.85. The lowest BCUT2D eigenvalue weighted by molar-refractivity contribution is 0.102. The lowest BCUT2D eigenvalue weighted by atomic mass is 10.1. The van der Waals surface area contributed by atoms with E-state index in [9.17, 15) is 31.6 Å². The van der Waals surface area contributed by atoms with Crippen molar-refractivity contribution in [3.05, 3.63) is 116 Å². The van der Waals surface area contributed by atoms with Gasteiger partial charge in [-0.05, 0) is 42.5 Å². The summed E-state index contributed by atoms with van der Waals surface area (Å²) in [5.74, 6) is -2.53. The number of thiazole rings is 1. The second-order valence-corrected chi connectivity index (χ2v) is 10.8. The molecule has 0 unspecified atom stereocenters. The van der Waals surface area contributed by atoms with Gasteiger partial charge in [-0.1, -0.05) is 6.07 Å². The maximum atomic E-state index is 14.3. The van der Waals surface area contributed by atoms with E-state index in [1.54, 1.807) is 5.38 Å². The van der Waals surface area contributed by atoms with E-state index in [4.69, 9.17) is 0 Å². The number of aromatic amines is 1. The number of anilines is 2. The second kappa shape index (κ2) is 11.2. The van der Waals surface area contributed by atoms with Crippen molar-refractivity contribution in [1.29, 1.82) is 0 Å². The van der Waals surface area contributed by atoms with Gasteiger partial charge in [-0.15, -0.1) is 11.3 Å². The summed E-state index contributed by atoms with van der Waals surface area (Å²) in [6, 6.07) is 11.0. The van der Waals surface area contributed by atoms with Gasteiger partial charge in [-0.25, -0.2) is 22.2 Å². The number of hydrogen-bond donors (Lipinski definition) is 3. The van der Waals surface area contributed by atoms with Crippen molar-refractivity contribution in [3.63, 3.8) is 0 Å². The molecule has 0 saturated heterocycles. The van der Waals surface area contributed by atoms with Crippen molar-refractivity contribution < 1.29 is 27.5 Å². The van der Waals surface area contributed by atoms with Gasteiger partial charge >= 0.3 is 0 Å². The standard InChI is InChI=1S/C25H17F2N5O5S2.H2O/c26-18-2-1-3-19(27)16(18)12-32-13-17(23(34)22-20(32)8-9-21(33)30-22)24(35)29-14-4-6-15(7-5-14)39(36,37)31-25-28-10-11-38-25;/h1-11,13H,12H2,(H,28,31)(H,29,35)(H,30,33);1H2. The average Bonchev–Trinajstić information content (AvgIpc) is 3.40. The monoisotopic (exact) mass is 587 g/mol. The van der Waals surface area contributed by atoms with Gasteiger partial charge in [-0.3, -0.25) is 19.1 Å². The van der Waals surface area contributed by atoms with E-state index < -0.39 is 44.1 Å². The number of benzene rings is 2. The van der Waals surface area contributed by atoms with Crippen molar-refractivity contribution in [3.8, 4) is 0 Å². The predicted octanol–water partition coefficient (Wildman–Crippen LogP) is 2.70. The number of carbonyl (C=O) groups is 1. The van der Waals surface area contributed by atoms with E-state index in [1.807, 2.05) is 0 Å². The Morgan fingerprint density at radius 3 is 2.38 bits per heavy atom. The molecular weight excluding hydrogens is 568 g/mol. The number of H-pyrrole nitrogens is 1. The van der Waals surface area contributed by atoms with Gasteiger partial charge in [0.1, 0.15) is 22.7 Å². The Labute approximate surface area is 228 Å². The molecule has 0 spiro atoms. The van der Waals surface area contributed by atoms with Crippen LogP contribution in [-0.4, -0.2) is 34.3 Å². The van der Waals surface area contributed by atoms with Gasteiger partial charge in [0.05, 0.1) is 17.0 Å². The number of hydrogen-bond acceptors (Lipinski definition) is 7. The van der Waals surface area contributed by atoms with Crippen LogP contribution >= 0.6 is 11.3 Å². The largest absolute Gasteiger partial charge is 0.412 e. The molecule has 5 N–H and O–H groups in total. The Morgan fingerprint density at radius 2 is 1.73 bits per heavy atom. The summed E-state index contributed by atoms with van der Waals surface area (Å²) >= 11 is 1.11. The molecule has 5 rings (SSSR count). The first-order chi connectivity index (χ1) is 18.6. The number of carbonyl (C=O) groups excluding carboxylic acids is 1. The van der Waals surface area contributed by atoms with E-state index in [2.05, 4.69) is 20.0 Å². The summed E-state index contributed by atoms with van der Waals surface area (Å²) in [5.41, 5.74) is -2.03. The van der Waals surface area contributed by atoms with Crippen LogP contribution in [0.2, 0.25) is 0 Å². The molecule has 0 saturated carbocycles. The van der Waals surface area contributed by atoms with Crippen molar-refractivity contribution in [2.24, 2.45) is 0 Å². The molecule has 1 amide bonds. The minimum absolute atomic E-state index is 0. The van der Waals surface area contributed by atoms with Crippen LogP contribution in [0.15, 0.2) is 86.9 Å². The van der Waals surface area contributed by atoms with Crippen LogP contribution in [0.3, 0.4) is 0 Å². The molecular formula is C25H19F2N5O6S2. The topological polar surface area (TPSA) is 175 Å². The Bertz CT molecular complexity index is 1920. The van der Waals surface area contributed by atoms with E-state index in [0.29, 0.717) is 0 Å². The number of halogens is 2. The molecule has 2 aromatic carbocycles. The molecule has 15 heteroatoms. The highest BCUT2D eigenvalue weighted by Crippen LogP contribution is 2.21. The van der Waals surface area contributed by atoms with Crippen LogP contribution in [0.25, 0.3) is 11.0 Å². The van der Waals surface area contributed by atoms with Crippen LogP contribution in [-0.2, 0) is 16.6 Å². The quantitative estimate of drug-likeness (QED) is 0.264. The van der Waals surface area contributed by atoms with Crippen LogP contribution in [0, 0.1) is 11.6 Å². The molecule has 0 radical (unpaired) electrons. The molecule has 40 heavy (non-hydrogen) atoms. The first-order valence-electron chi connectivity index (χ1n) is 11.2. The number of sulfonamides is 1. The highest BCUT2D eigenvalue weighted by atomic mass is 32.2. The van der Waals surface area contributed by atoms with Crippen molar-refractivity contribution in [2.45, 2.75) is 11.4 Å². The van der Waals surface area contributed by atoms with Gasteiger partial charge in [0.25, 0.3) is 15.9 Å². The zero-order valence-corrected chi connectivity index (χ0v) is 21.8. The molecule has 0 aliphatic rings. The summed E-state index contributed by atoms with van der Waals surface area (Å²) in [6.45, 7) is -0.375. The summed E-state index contributed by atoms with van der Waals surface area (Å²) in [5, 5.41) is 4.30. The fourth-order valence-electron chi connectivity index (χ4n) is 3.81. The number of pyridine rings is 2. The summed E-state index contributed by atoms with van der Waals surface area (Å²) in [7, 11) is -3.92. The number of nitrogens with zero attached hydrogens (tertiary/aromatic N) is 2. The van der Waals surface area contributed by atoms with Crippen LogP contribution in [0.5, 0.6) is 0 Å². The molecule has 0 bridgehead atoms. The van der Waals surface area contributed by atoms with E-state index >= 15 is 0 Å². The minimum Gasteiger partial charge on any atom is -0.412 e. The Hall–Kier alpha value is -4.73. The highest BCUT2D eigenvalue weighted by Gasteiger charge is 2.20. The van der Waals surface area contributed by atoms with Crippen molar-refractivity contribution >= 4 is 49.1 Å². The zero-order chi connectivity index (χ0) is 27.7. The molecule has 3 aromatic heterocycles. The third kappa shape index (κ3) is 5.66. The number of aromatic nitrogens is 3. The normalized spacial score (nSPS) is 11.2. The maximum absolute atomic E-state index is 14.3. The summed E-state index contributed by atoms with van der Waals surface area (Å²) in [4.78, 5) is 44.3. The number of nitrogens with one attached hydrogen (secondary N) is 3. The molecule has 0 aliphatic carbocycles. The first-order valence-corrected chi connectivity index (χ1v) is 13.5. The SMILES string of the molecule is O.O=C(Nc1ccc(S(=O)(=O)Nc2nccs2)cc1)c1cn(Cc2c(F)cccc2F)c2ccc(=O)[nH]c2c1=O. The van der Waals surface area contributed by atoms with Gasteiger partial charge in [0.15, 0.2) is 5.13 Å². The predicted molar refractivity (Wildman–Crippen MR) is 145 cm³/mol. The van der Waals surface area contributed by atoms with Crippen LogP contribution in [0.4, 0.5) is 19.6 Å². The Balaban J connectivity index is 0.00000370. The van der Waals surface area contributed by atoms with E-state index in [-0.39, 0.29) is 44.3 Å². The Kier molecular flexibility index (Phi) is 7.90. The number of fused-ring (bicyclic) bond motifs is 1. The fraction of sp³-hybridized carbons (Fsp3) is 0.0400. The smallest absolute Gasteiger partial charge is 0.263 e. The second-order valence-electron chi connectivity index (χ2n) is 8.20. The molecule has 5 aromatic rings. The van der Waals surface area contributed by atoms with Gasteiger partial charge < -0.3 is 20.3 Å². The lowest BCUT2D eigenvalue weighted by Gasteiger charge is -2.14. The van der Waals surface area contributed by atoms with Crippen LogP contribution in [0.1, 0.15) is 15.9 Å². The van der Waals surface area contributed by atoms with E-state index in [1.165, 1.54) is 47.2 Å².